The normalized spacial score (nSPS) is 12.4. The zero-order valence-corrected chi connectivity index (χ0v) is 12.0. The van der Waals surface area contributed by atoms with E-state index < -0.39 is 0 Å². The standard InChI is InChI=1S/C15H24FNO2/c1-4-9-19-10-5-8-17-12(2)14-7-6-13(18-3)11-15(14)16/h6-7,11-12,17H,4-5,8-10H2,1-3H3. The Morgan fingerprint density at radius 3 is 2.74 bits per heavy atom. The molecule has 0 fully saturated rings. The molecule has 1 N–H and O–H groups in total. The van der Waals surface area contributed by atoms with Crippen LogP contribution in [0.15, 0.2) is 18.2 Å². The summed E-state index contributed by atoms with van der Waals surface area (Å²) in [7, 11) is 1.53. The maximum atomic E-state index is 13.8. The molecule has 1 unspecified atom stereocenters. The van der Waals surface area contributed by atoms with Crippen LogP contribution in [0.3, 0.4) is 0 Å². The fourth-order valence-corrected chi connectivity index (χ4v) is 1.84. The maximum absolute atomic E-state index is 13.8. The van der Waals surface area contributed by atoms with Crippen LogP contribution < -0.4 is 10.1 Å². The van der Waals surface area contributed by atoms with Crippen LogP contribution in [0.2, 0.25) is 0 Å². The smallest absolute Gasteiger partial charge is 0.131 e. The average Bonchev–Trinajstić information content (AvgIpc) is 2.42. The van der Waals surface area contributed by atoms with Gasteiger partial charge in [-0.2, -0.15) is 0 Å². The van der Waals surface area contributed by atoms with E-state index in [4.69, 9.17) is 9.47 Å². The molecule has 0 bridgehead atoms. The third-order valence-electron chi connectivity index (χ3n) is 2.94. The van der Waals surface area contributed by atoms with Gasteiger partial charge in [0.05, 0.1) is 7.11 Å². The molecule has 0 spiro atoms. The molecule has 0 aliphatic carbocycles. The van der Waals surface area contributed by atoms with E-state index in [0.717, 1.165) is 32.6 Å². The molecule has 0 radical (unpaired) electrons. The summed E-state index contributed by atoms with van der Waals surface area (Å²) >= 11 is 0. The average molecular weight is 269 g/mol. The molecule has 0 saturated heterocycles. The molecule has 1 aromatic rings. The SMILES string of the molecule is CCCOCCCNC(C)c1ccc(OC)cc1F. The van der Waals surface area contributed by atoms with Crippen molar-refractivity contribution >= 4 is 0 Å². The lowest BCUT2D eigenvalue weighted by Gasteiger charge is -2.15. The first-order valence-corrected chi connectivity index (χ1v) is 6.83. The highest BCUT2D eigenvalue weighted by molar-refractivity contribution is 5.30. The lowest BCUT2D eigenvalue weighted by Crippen LogP contribution is -2.21. The quantitative estimate of drug-likeness (QED) is 0.698. The van der Waals surface area contributed by atoms with Crippen molar-refractivity contribution in [1.82, 2.24) is 5.32 Å². The number of hydrogen-bond donors (Lipinski definition) is 1. The van der Waals surface area contributed by atoms with E-state index >= 15 is 0 Å². The molecule has 3 nitrogen and oxygen atoms in total. The molecular weight excluding hydrogens is 245 g/mol. The molecule has 0 aliphatic rings. The van der Waals surface area contributed by atoms with Crippen molar-refractivity contribution in [3.63, 3.8) is 0 Å². The van der Waals surface area contributed by atoms with Crippen molar-refractivity contribution in [2.75, 3.05) is 26.9 Å². The van der Waals surface area contributed by atoms with E-state index in [0.29, 0.717) is 11.3 Å². The number of methoxy groups -OCH3 is 1. The van der Waals surface area contributed by atoms with Crippen LogP contribution >= 0.6 is 0 Å². The largest absolute Gasteiger partial charge is 0.497 e. The molecule has 0 saturated carbocycles. The first kappa shape index (κ1) is 15.9. The summed E-state index contributed by atoms with van der Waals surface area (Å²) < 4.78 is 24.2. The summed E-state index contributed by atoms with van der Waals surface area (Å²) in [4.78, 5) is 0. The Morgan fingerprint density at radius 2 is 2.11 bits per heavy atom. The maximum Gasteiger partial charge on any atom is 0.131 e. The summed E-state index contributed by atoms with van der Waals surface area (Å²) in [5.41, 5.74) is 0.662. The predicted octanol–water partition coefficient (Wildman–Crippen LogP) is 3.30. The van der Waals surface area contributed by atoms with Crippen LogP contribution in [0, 0.1) is 5.82 Å². The summed E-state index contributed by atoms with van der Waals surface area (Å²) in [5, 5.41) is 3.29. The van der Waals surface area contributed by atoms with Crippen molar-refractivity contribution in [2.45, 2.75) is 32.7 Å². The van der Waals surface area contributed by atoms with Gasteiger partial charge in [0.25, 0.3) is 0 Å². The molecule has 0 aromatic heterocycles. The molecule has 0 aliphatic heterocycles. The van der Waals surface area contributed by atoms with E-state index in [-0.39, 0.29) is 11.9 Å². The molecule has 4 heteroatoms. The Balaban J connectivity index is 2.34. The molecular formula is C15H24FNO2. The highest BCUT2D eigenvalue weighted by atomic mass is 19.1. The second kappa shape index (κ2) is 8.88. The fraction of sp³-hybridized carbons (Fsp3) is 0.600. The van der Waals surface area contributed by atoms with E-state index in [1.165, 1.54) is 13.2 Å². The van der Waals surface area contributed by atoms with Crippen LogP contribution in [0.5, 0.6) is 5.75 Å². The lowest BCUT2D eigenvalue weighted by molar-refractivity contribution is 0.131. The topological polar surface area (TPSA) is 30.5 Å². The van der Waals surface area contributed by atoms with Crippen molar-refractivity contribution in [2.24, 2.45) is 0 Å². The monoisotopic (exact) mass is 269 g/mol. The van der Waals surface area contributed by atoms with Gasteiger partial charge in [0.15, 0.2) is 0 Å². The summed E-state index contributed by atoms with van der Waals surface area (Å²) in [6.45, 7) is 6.42. The summed E-state index contributed by atoms with van der Waals surface area (Å²) in [6.07, 6.45) is 1.98. The second-order valence-electron chi connectivity index (χ2n) is 4.53. The zero-order valence-electron chi connectivity index (χ0n) is 12.0. The molecule has 1 rings (SSSR count). The number of ether oxygens (including phenoxy) is 2. The van der Waals surface area contributed by atoms with E-state index in [1.807, 2.05) is 6.92 Å². The van der Waals surface area contributed by atoms with Gasteiger partial charge in [0, 0.05) is 30.9 Å². The summed E-state index contributed by atoms with van der Waals surface area (Å²) in [5.74, 6) is 0.308. The third kappa shape index (κ3) is 5.57. The molecule has 1 atom stereocenters. The number of hydrogen-bond acceptors (Lipinski definition) is 3. The van der Waals surface area contributed by atoms with Gasteiger partial charge in [-0.15, -0.1) is 0 Å². The first-order chi connectivity index (χ1) is 9.19. The van der Waals surface area contributed by atoms with Gasteiger partial charge in [-0.1, -0.05) is 13.0 Å². The Hall–Kier alpha value is -1.13. The predicted molar refractivity (Wildman–Crippen MR) is 75.1 cm³/mol. The minimum atomic E-state index is -0.235. The Morgan fingerprint density at radius 1 is 1.32 bits per heavy atom. The molecule has 108 valence electrons. The van der Waals surface area contributed by atoms with Gasteiger partial charge in [0.2, 0.25) is 0 Å². The second-order valence-corrected chi connectivity index (χ2v) is 4.53. The van der Waals surface area contributed by atoms with Gasteiger partial charge in [-0.3, -0.25) is 0 Å². The van der Waals surface area contributed by atoms with Crippen molar-refractivity contribution < 1.29 is 13.9 Å². The highest BCUT2D eigenvalue weighted by Crippen LogP contribution is 2.21. The van der Waals surface area contributed by atoms with E-state index in [1.54, 1.807) is 12.1 Å². The van der Waals surface area contributed by atoms with E-state index in [9.17, 15) is 4.39 Å². The number of rotatable bonds is 9. The number of halogens is 1. The third-order valence-corrected chi connectivity index (χ3v) is 2.94. The Bertz CT molecular complexity index is 371. The summed E-state index contributed by atoms with van der Waals surface area (Å²) in [6, 6.07) is 4.94. The van der Waals surface area contributed by atoms with Crippen LogP contribution in [0.1, 0.15) is 38.3 Å². The van der Waals surface area contributed by atoms with Crippen molar-refractivity contribution in [1.29, 1.82) is 0 Å². The van der Waals surface area contributed by atoms with Gasteiger partial charge < -0.3 is 14.8 Å². The Labute approximate surface area is 115 Å². The highest BCUT2D eigenvalue weighted by Gasteiger charge is 2.10. The van der Waals surface area contributed by atoms with Gasteiger partial charge >= 0.3 is 0 Å². The minimum Gasteiger partial charge on any atom is -0.497 e. The minimum absolute atomic E-state index is 0.0166. The molecule has 0 heterocycles. The van der Waals surface area contributed by atoms with Crippen molar-refractivity contribution in [3.05, 3.63) is 29.6 Å². The van der Waals surface area contributed by atoms with Gasteiger partial charge in [0.1, 0.15) is 11.6 Å². The lowest BCUT2D eigenvalue weighted by atomic mass is 10.1. The van der Waals surface area contributed by atoms with Gasteiger partial charge in [-0.25, -0.2) is 4.39 Å². The Kier molecular flexibility index (Phi) is 7.45. The molecule has 19 heavy (non-hydrogen) atoms. The first-order valence-electron chi connectivity index (χ1n) is 6.83. The molecule has 0 amide bonds. The van der Waals surface area contributed by atoms with Gasteiger partial charge in [-0.05, 0) is 32.4 Å². The van der Waals surface area contributed by atoms with Crippen LogP contribution in [-0.4, -0.2) is 26.9 Å². The van der Waals surface area contributed by atoms with Crippen LogP contribution in [-0.2, 0) is 4.74 Å². The van der Waals surface area contributed by atoms with Crippen LogP contribution in [0.4, 0.5) is 4.39 Å². The zero-order chi connectivity index (χ0) is 14.1. The fourth-order valence-electron chi connectivity index (χ4n) is 1.84. The van der Waals surface area contributed by atoms with E-state index in [2.05, 4.69) is 12.2 Å². The van der Waals surface area contributed by atoms with Crippen LogP contribution in [0.25, 0.3) is 0 Å². The van der Waals surface area contributed by atoms with Crippen molar-refractivity contribution in [3.8, 4) is 5.75 Å². The molecule has 1 aromatic carbocycles. The number of nitrogens with one attached hydrogen (secondary N) is 1. The number of benzene rings is 1.